The molecular weight excluding hydrogens is 449 g/mol. The predicted octanol–water partition coefficient (Wildman–Crippen LogP) is 7.29. The fourth-order valence-electron chi connectivity index (χ4n) is 4.60. The molecule has 0 radical (unpaired) electrons. The molecule has 2 aromatic heterocycles. The number of pyridine rings is 2. The maximum atomic E-state index is 13.4. The zero-order valence-corrected chi connectivity index (χ0v) is 18.4. The van der Waals surface area contributed by atoms with Gasteiger partial charge in [0.1, 0.15) is 0 Å². The van der Waals surface area contributed by atoms with Crippen LogP contribution in [0.25, 0.3) is 21.8 Å². The van der Waals surface area contributed by atoms with Crippen molar-refractivity contribution in [2.75, 3.05) is 10.6 Å². The van der Waals surface area contributed by atoms with Gasteiger partial charge in [-0.1, -0.05) is 23.7 Å². The number of nitrogens with one attached hydrogen (secondary N) is 2. The van der Waals surface area contributed by atoms with Gasteiger partial charge in [-0.2, -0.15) is 13.2 Å². The summed E-state index contributed by atoms with van der Waals surface area (Å²) < 4.78 is 40.1. The molecule has 0 unspecified atom stereocenters. The second kappa shape index (κ2) is 8.71. The van der Waals surface area contributed by atoms with Gasteiger partial charge in [-0.15, -0.1) is 0 Å². The fraction of sp³-hybridized carbons (Fsp3) is 0.280. The third-order valence-electron chi connectivity index (χ3n) is 6.23. The van der Waals surface area contributed by atoms with E-state index in [0.717, 1.165) is 48.3 Å². The lowest BCUT2D eigenvalue weighted by atomic mass is 9.90. The minimum atomic E-state index is -4.43. The van der Waals surface area contributed by atoms with Crippen LogP contribution < -0.4 is 10.6 Å². The molecule has 1 aliphatic rings. The van der Waals surface area contributed by atoms with Crippen molar-refractivity contribution in [1.82, 2.24) is 9.97 Å². The molecule has 5 rings (SSSR count). The highest BCUT2D eigenvalue weighted by Gasteiger charge is 2.33. The Balaban J connectivity index is 1.28. The van der Waals surface area contributed by atoms with Crippen LogP contribution in [-0.4, -0.2) is 22.1 Å². The lowest BCUT2D eigenvalue weighted by Gasteiger charge is -2.31. The summed E-state index contributed by atoms with van der Waals surface area (Å²) in [6.07, 6.45) is 2.51. The SMILES string of the molecule is FC(F)(F)c1cccc2c(NC3CCC(Nc4ccnc5cc(Cl)ccc45)CC3)ccnc12. The first-order valence-corrected chi connectivity index (χ1v) is 11.3. The Morgan fingerprint density at radius 1 is 0.788 bits per heavy atom. The Labute approximate surface area is 194 Å². The summed E-state index contributed by atoms with van der Waals surface area (Å²) in [4.78, 5) is 8.40. The van der Waals surface area contributed by atoms with Gasteiger partial charge in [-0.3, -0.25) is 9.97 Å². The van der Waals surface area contributed by atoms with Gasteiger partial charge < -0.3 is 10.6 Å². The molecule has 8 heteroatoms. The van der Waals surface area contributed by atoms with E-state index in [0.29, 0.717) is 22.1 Å². The van der Waals surface area contributed by atoms with Crippen LogP contribution in [0.15, 0.2) is 60.9 Å². The van der Waals surface area contributed by atoms with Gasteiger partial charge in [0.25, 0.3) is 0 Å². The first-order chi connectivity index (χ1) is 15.9. The number of halogens is 4. The maximum Gasteiger partial charge on any atom is 0.418 e. The Kier molecular flexibility index (Phi) is 5.74. The zero-order chi connectivity index (χ0) is 23.0. The van der Waals surface area contributed by atoms with E-state index in [1.807, 2.05) is 24.3 Å². The van der Waals surface area contributed by atoms with E-state index in [4.69, 9.17) is 11.6 Å². The first-order valence-electron chi connectivity index (χ1n) is 10.9. The molecule has 33 heavy (non-hydrogen) atoms. The molecule has 2 heterocycles. The van der Waals surface area contributed by atoms with E-state index in [2.05, 4.69) is 20.6 Å². The molecule has 0 spiro atoms. The Hall–Kier alpha value is -3.06. The molecule has 0 aliphatic heterocycles. The van der Waals surface area contributed by atoms with Gasteiger partial charge >= 0.3 is 6.18 Å². The number of alkyl halides is 3. The van der Waals surface area contributed by atoms with Crippen LogP contribution in [0, 0.1) is 0 Å². The number of aromatic nitrogens is 2. The van der Waals surface area contributed by atoms with E-state index in [9.17, 15) is 13.2 Å². The molecule has 170 valence electrons. The van der Waals surface area contributed by atoms with Crippen molar-refractivity contribution in [1.29, 1.82) is 0 Å². The van der Waals surface area contributed by atoms with Crippen molar-refractivity contribution < 1.29 is 13.2 Å². The number of hydrogen-bond acceptors (Lipinski definition) is 4. The molecule has 2 aromatic carbocycles. The normalized spacial score (nSPS) is 19.0. The Morgan fingerprint density at radius 3 is 2.09 bits per heavy atom. The second-order valence-electron chi connectivity index (χ2n) is 8.42. The van der Waals surface area contributed by atoms with Crippen molar-refractivity contribution in [3.8, 4) is 0 Å². The second-order valence-corrected chi connectivity index (χ2v) is 8.85. The van der Waals surface area contributed by atoms with Crippen LogP contribution in [0.3, 0.4) is 0 Å². The van der Waals surface area contributed by atoms with Crippen LogP contribution in [-0.2, 0) is 6.18 Å². The van der Waals surface area contributed by atoms with Crippen molar-refractivity contribution in [3.05, 3.63) is 71.5 Å². The minimum Gasteiger partial charge on any atom is -0.382 e. The summed E-state index contributed by atoms with van der Waals surface area (Å²) in [5.74, 6) is 0. The standard InChI is InChI=1S/C25H22ClF3N4/c26-15-4-9-18-21(10-12-30-23(18)14-15)32-16-5-7-17(8-6-16)33-22-11-13-31-24-19(22)2-1-3-20(24)25(27,28)29/h1-4,9-14,16-17H,5-8H2,(H,30,32)(H,31,33). The third kappa shape index (κ3) is 4.55. The van der Waals surface area contributed by atoms with E-state index in [-0.39, 0.29) is 11.6 Å². The number of hydrogen-bond donors (Lipinski definition) is 2. The van der Waals surface area contributed by atoms with Gasteiger partial charge in [0.15, 0.2) is 0 Å². The summed E-state index contributed by atoms with van der Waals surface area (Å²) in [6.45, 7) is 0. The monoisotopic (exact) mass is 470 g/mol. The van der Waals surface area contributed by atoms with Crippen LogP contribution >= 0.6 is 11.6 Å². The topological polar surface area (TPSA) is 49.8 Å². The molecule has 4 nitrogen and oxygen atoms in total. The van der Waals surface area contributed by atoms with Crippen LogP contribution in [0.1, 0.15) is 31.2 Å². The summed E-state index contributed by atoms with van der Waals surface area (Å²) in [6, 6.07) is 14.1. The highest BCUT2D eigenvalue weighted by molar-refractivity contribution is 6.31. The number of anilines is 2. The molecule has 0 amide bonds. The minimum absolute atomic E-state index is 0.0185. The average Bonchev–Trinajstić information content (AvgIpc) is 2.79. The van der Waals surface area contributed by atoms with Gasteiger partial charge in [0.05, 0.1) is 16.6 Å². The zero-order valence-electron chi connectivity index (χ0n) is 17.7. The largest absolute Gasteiger partial charge is 0.418 e. The van der Waals surface area contributed by atoms with E-state index >= 15 is 0 Å². The summed E-state index contributed by atoms with van der Waals surface area (Å²) in [5, 5.41) is 9.28. The van der Waals surface area contributed by atoms with E-state index < -0.39 is 11.7 Å². The number of nitrogens with zero attached hydrogens (tertiary/aromatic N) is 2. The number of para-hydroxylation sites is 1. The van der Waals surface area contributed by atoms with Gasteiger partial charge in [-0.05, 0) is 62.1 Å². The molecule has 0 atom stereocenters. The Bertz CT molecular complexity index is 1300. The molecule has 4 aromatic rings. The predicted molar refractivity (Wildman–Crippen MR) is 127 cm³/mol. The van der Waals surface area contributed by atoms with E-state index in [1.54, 1.807) is 18.3 Å². The van der Waals surface area contributed by atoms with Crippen molar-refractivity contribution >= 4 is 44.8 Å². The molecule has 1 saturated carbocycles. The van der Waals surface area contributed by atoms with Crippen molar-refractivity contribution in [2.45, 2.75) is 43.9 Å². The highest BCUT2D eigenvalue weighted by Crippen LogP contribution is 2.36. The number of fused-ring (bicyclic) bond motifs is 2. The number of benzene rings is 2. The quantitative estimate of drug-likeness (QED) is 0.329. The maximum absolute atomic E-state index is 13.4. The summed E-state index contributed by atoms with van der Waals surface area (Å²) in [5.41, 5.74) is 1.86. The van der Waals surface area contributed by atoms with Gasteiger partial charge in [0, 0.05) is 51.6 Å². The average molecular weight is 471 g/mol. The van der Waals surface area contributed by atoms with Crippen molar-refractivity contribution in [2.24, 2.45) is 0 Å². The van der Waals surface area contributed by atoms with Gasteiger partial charge in [0.2, 0.25) is 0 Å². The van der Waals surface area contributed by atoms with Crippen LogP contribution in [0.4, 0.5) is 24.5 Å². The van der Waals surface area contributed by atoms with E-state index in [1.165, 1.54) is 12.3 Å². The first kappa shape index (κ1) is 21.8. The molecule has 1 fully saturated rings. The fourth-order valence-corrected chi connectivity index (χ4v) is 4.77. The summed E-state index contributed by atoms with van der Waals surface area (Å²) in [7, 11) is 0. The lowest BCUT2D eigenvalue weighted by Crippen LogP contribution is -2.32. The molecule has 0 bridgehead atoms. The van der Waals surface area contributed by atoms with Gasteiger partial charge in [-0.25, -0.2) is 0 Å². The highest BCUT2D eigenvalue weighted by atomic mass is 35.5. The Morgan fingerprint density at radius 2 is 1.42 bits per heavy atom. The third-order valence-corrected chi connectivity index (χ3v) is 6.46. The molecule has 2 N–H and O–H groups in total. The molecule has 0 saturated heterocycles. The smallest absolute Gasteiger partial charge is 0.382 e. The number of rotatable bonds is 4. The van der Waals surface area contributed by atoms with Crippen molar-refractivity contribution in [3.63, 3.8) is 0 Å². The summed E-state index contributed by atoms with van der Waals surface area (Å²) >= 11 is 6.09. The molecular formula is C25H22ClF3N4. The molecule has 1 aliphatic carbocycles. The van der Waals surface area contributed by atoms with Crippen LogP contribution in [0.5, 0.6) is 0 Å². The lowest BCUT2D eigenvalue weighted by molar-refractivity contribution is -0.136. The van der Waals surface area contributed by atoms with Crippen LogP contribution in [0.2, 0.25) is 5.02 Å².